The highest BCUT2D eigenvalue weighted by atomic mass is 16.6. The Morgan fingerprint density at radius 2 is 1.51 bits per heavy atom. The van der Waals surface area contributed by atoms with Crippen LogP contribution in [0.15, 0.2) is 84.9 Å². The molecule has 51 heavy (non-hydrogen) atoms. The fourth-order valence-corrected chi connectivity index (χ4v) is 8.91. The Balaban J connectivity index is 1.45. The molecule has 3 aromatic carbocycles. The number of piperidine rings is 2. The molecule has 2 fully saturated rings. The predicted molar refractivity (Wildman–Crippen MR) is 195 cm³/mol. The largest absolute Gasteiger partial charge is 0.481 e. The number of aliphatic carboxylic acids is 2. The standard InChI is InChI=1S/C40H52N4O7/c1-3-4-26-51-27-22-40(37(47)48)34(30-13-11-18-33(28-30)44(49)50)39(36(45)46,29(2)42-35(40)41)19-12-23-43-24-20-38(21-25-43,31-14-7-5-8-15-31)32-16-9-6-10-17-32/h5-11,13-18,28-29,34-35,42H,3-4,12,19-27,41H2,1-2H3,(H,45,46)(H,47,48). The van der Waals surface area contributed by atoms with E-state index in [2.05, 4.69) is 58.7 Å². The van der Waals surface area contributed by atoms with Crippen LogP contribution < -0.4 is 11.1 Å². The van der Waals surface area contributed by atoms with E-state index in [9.17, 15) is 29.9 Å². The second-order valence-corrected chi connectivity index (χ2v) is 14.3. The van der Waals surface area contributed by atoms with Crippen LogP contribution in [0, 0.1) is 20.9 Å². The molecule has 2 aliphatic rings. The normalized spacial score (nSPS) is 26.4. The molecule has 2 heterocycles. The van der Waals surface area contributed by atoms with Crippen molar-refractivity contribution in [3.05, 3.63) is 112 Å². The van der Waals surface area contributed by atoms with Gasteiger partial charge in [-0.05, 0) is 81.8 Å². The maximum Gasteiger partial charge on any atom is 0.313 e. The number of carboxylic acid groups (broad SMARTS) is 2. The van der Waals surface area contributed by atoms with Gasteiger partial charge in [0.2, 0.25) is 0 Å². The number of unbranched alkanes of at least 4 members (excludes halogenated alkanes) is 1. The summed E-state index contributed by atoms with van der Waals surface area (Å²) in [7, 11) is 0. The Hall–Kier alpha value is -4.16. The summed E-state index contributed by atoms with van der Waals surface area (Å²) in [6.45, 7) is 6.48. The third-order valence-corrected chi connectivity index (χ3v) is 11.7. The molecule has 0 saturated carbocycles. The lowest BCUT2D eigenvalue weighted by molar-refractivity contribution is -0.385. The summed E-state index contributed by atoms with van der Waals surface area (Å²) in [6, 6.07) is 26.1. The van der Waals surface area contributed by atoms with Crippen LogP contribution in [0.3, 0.4) is 0 Å². The number of likely N-dealkylation sites (tertiary alicyclic amines) is 1. The molecule has 5 atom stereocenters. The third kappa shape index (κ3) is 7.44. The van der Waals surface area contributed by atoms with E-state index in [0.29, 0.717) is 19.6 Å². The first-order valence-electron chi connectivity index (χ1n) is 18.2. The van der Waals surface area contributed by atoms with E-state index in [1.165, 1.54) is 29.3 Å². The van der Waals surface area contributed by atoms with Crippen molar-refractivity contribution in [1.82, 2.24) is 10.2 Å². The van der Waals surface area contributed by atoms with Gasteiger partial charge in [0, 0.05) is 42.7 Å². The van der Waals surface area contributed by atoms with E-state index in [1.54, 1.807) is 13.0 Å². The van der Waals surface area contributed by atoms with Gasteiger partial charge in [-0.15, -0.1) is 0 Å². The number of hydrogen-bond acceptors (Lipinski definition) is 8. The minimum atomic E-state index is -1.83. The second kappa shape index (κ2) is 16.5. The lowest BCUT2D eigenvalue weighted by Gasteiger charge is -2.57. The lowest BCUT2D eigenvalue weighted by atomic mass is 9.50. The highest BCUT2D eigenvalue weighted by Gasteiger charge is 2.67. The molecule has 2 aliphatic heterocycles. The van der Waals surface area contributed by atoms with Crippen molar-refractivity contribution >= 4 is 17.6 Å². The molecule has 0 bridgehead atoms. The second-order valence-electron chi connectivity index (χ2n) is 14.3. The molecule has 0 amide bonds. The van der Waals surface area contributed by atoms with E-state index in [4.69, 9.17) is 10.5 Å². The van der Waals surface area contributed by atoms with Crippen molar-refractivity contribution < 1.29 is 29.5 Å². The Kier molecular flexibility index (Phi) is 12.3. The van der Waals surface area contributed by atoms with Crippen LogP contribution in [-0.4, -0.2) is 77.0 Å². The van der Waals surface area contributed by atoms with E-state index in [0.717, 1.165) is 38.8 Å². The molecule has 0 spiro atoms. The van der Waals surface area contributed by atoms with Crippen LogP contribution in [0.1, 0.15) is 81.4 Å². The van der Waals surface area contributed by atoms with Crippen LogP contribution in [0.5, 0.6) is 0 Å². The highest BCUT2D eigenvalue weighted by Crippen LogP contribution is 2.58. The number of nitrogens with zero attached hydrogens (tertiary/aromatic N) is 2. The molecular formula is C40H52N4O7. The van der Waals surface area contributed by atoms with Gasteiger partial charge < -0.3 is 25.6 Å². The zero-order valence-corrected chi connectivity index (χ0v) is 29.7. The van der Waals surface area contributed by atoms with Crippen molar-refractivity contribution in [1.29, 1.82) is 0 Å². The molecule has 0 aromatic heterocycles. The summed E-state index contributed by atoms with van der Waals surface area (Å²) in [5.74, 6) is -3.61. The number of carbonyl (C=O) groups is 2. The maximum absolute atomic E-state index is 13.8. The minimum Gasteiger partial charge on any atom is -0.481 e. The Bertz CT molecular complexity index is 1590. The summed E-state index contributed by atoms with van der Waals surface area (Å²) in [6.07, 6.45) is 2.90. The molecule has 2 saturated heterocycles. The third-order valence-electron chi connectivity index (χ3n) is 11.7. The topological polar surface area (TPSA) is 168 Å². The minimum absolute atomic E-state index is 0.0511. The highest BCUT2D eigenvalue weighted by molar-refractivity contribution is 5.84. The van der Waals surface area contributed by atoms with Gasteiger partial charge in [-0.1, -0.05) is 86.1 Å². The van der Waals surface area contributed by atoms with Gasteiger partial charge in [0.25, 0.3) is 5.69 Å². The van der Waals surface area contributed by atoms with E-state index < -0.39 is 45.8 Å². The first kappa shape index (κ1) is 38.1. The lowest BCUT2D eigenvalue weighted by Crippen LogP contribution is -2.73. The molecule has 3 aromatic rings. The number of nitrogens with one attached hydrogen (secondary N) is 1. The Morgan fingerprint density at radius 1 is 0.902 bits per heavy atom. The Morgan fingerprint density at radius 3 is 2.06 bits per heavy atom. The molecular weight excluding hydrogens is 648 g/mol. The maximum atomic E-state index is 13.8. The quantitative estimate of drug-likeness (QED) is 0.0771. The van der Waals surface area contributed by atoms with Gasteiger partial charge in [-0.25, -0.2) is 0 Å². The molecule has 5 N–H and O–H groups in total. The summed E-state index contributed by atoms with van der Waals surface area (Å²) in [5.41, 5.74) is 5.66. The first-order chi connectivity index (χ1) is 24.5. The Labute approximate surface area is 300 Å². The number of nitro benzene ring substituents is 1. The number of benzene rings is 3. The van der Waals surface area contributed by atoms with Crippen LogP contribution in [0.2, 0.25) is 0 Å². The average molecular weight is 701 g/mol. The number of carboxylic acids is 2. The van der Waals surface area contributed by atoms with Crippen LogP contribution in [0.25, 0.3) is 0 Å². The zero-order chi connectivity index (χ0) is 36.6. The van der Waals surface area contributed by atoms with Gasteiger partial charge in [0.1, 0.15) is 5.41 Å². The van der Waals surface area contributed by atoms with Crippen LogP contribution in [0.4, 0.5) is 5.69 Å². The molecule has 274 valence electrons. The zero-order valence-electron chi connectivity index (χ0n) is 29.7. The number of ether oxygens (including phenoxy) is 1. The van der Waals surface area contributed by atoms with E-state index in [1.807, 2.05) is 19.1 Å². The van der Waals surface area contributed by atoms with Gasteiger partial charge in [-0.3, -0.25) is 25.0 Å². The molecule has 11 heteroatoms. The smallest absolute Gasteiger partial charge is 0.313 e. The molecule has 5 unspecified atom stereocenters. The number of nitrogens with two attached hydrogens (primary N) is 1. The molecule has 0 radical (unpaired) electrons. The van der Waals surface area contributed by atoms with Crippen LogP contribution >= 0.6 is 0 Å². The number of nitro groups is 1. The fraction of sp³-hybridized carbons (Fsp3) is 0.500. The first-order valence-corrected chi connectivity index (χ1v) is 18.2. The van der Waals surface area contributed by atoms with Crippen LogP contribution in [-0.2, 0) is 19.7 Å². The van der Waals surface area contributed by atoms with Crippen molar-refractivity contribution in [2.24, 2.45) is 16.6 Å². The summed E-state index contributed by atoms with van der Waals surface area (Å²) >= 11 is 0. The predicted octanol–water partition coefficient (Wildman–Crippen LogP) is 6.17. The summed E-state index contributed by atoms with van der Waals surface area (Å²) in [4.78, 5) is 41.0. The summed E-state index contributed by atoms with van der Waals surface area (Å²) in [5, 5.41) is 37.3. The van der Waals surface area contributed by atoms with Crippen molar-refractivity contribution in [3.63, 3.8) is 0 Å². The fourth-order valence-electron chi connectivity index (χ4n) is 8.91. The van der Waals surface area contributed by atoms with Gasteiger partial charge >= 0.3 is 11.9 Å². The van der Waals surface area contributed by atoms with Crippen molar-refractivity contribution in [3.8, 4) is 0 Å². The van der Waals surface area contributed by atoms with Gasteiger partial charge in [0.15, 0.2) is 0 Å². The number of hydrogen-bond donors (Lipinski definition) is 4. The van der Waals surface area contributed by atoms with Gasteiger partial charge in [-0.2, -0.15) is 0 Å². The monoisotopic (exact) mass is 700 g/mol. The average Bonchev–Trinajstić information content (AvgIpc) is 3.13. The van der Waals surface area contributed by atoms with Crippen molar-refractivity contribution in [2.75, 3.05) is 32.8 Å². The number of non-ortho nitro benzene ring substituents is 1. The SMILES string of the molecule is CCCCOCCC1(C(=O)O)C(N)NC(C)C(CCCN2CCC(c3ccccc3)(c3ccccc3)CC2)(C(=O)O)C1c1cccc([N+](=O)[O-])c1. The van der Waals surface area contributed by atoms with E-state index >= 15 is 0 Å². The number of rotatable bonds is 16. The molecule has 5 rings (SSSR count). The van der Waals surface area contributed by atoms with Gasteiger partial charge in [0.05, 0.1) is 16.5 Å². The van der Waals surface area contributed by atoms with E-state index in [-0.39, 0.29) is 36.1 Å². The van der Waals surface area contributed by atoms with Crippen molar-refractivity contribution in [2.45, 2.75) is 82.3 Å². The molecule has 11 nitrogen and oxygen atoms in total. The molecule has 0 aliphatic carbocycles. The summed E-state index contributed by atoms with van der Waals surface area (Å²) < 4.78 is 5.83.